The number of carbonyl (C=O) groups excluding carboxylic acids is 1. The number of nitrogen functional groups attached to an aromatic ring is 1. The molecule has 1 amide bonds. The van der Waals surface area contributed by atoms with Gasteiger partial charge in [0.15, 0.2) is 0 Å². The summed E-state index contributed by atoms with van der Waals surface area (Å²) in [4.78, 5) is 27.1. The molecule has 5 N–H and O–H groups in total. The zero-order chi connectivity index (χ0) is 18.4. The van der Waals surface area contributed by atoms with E-state index in [4.69, 9.17) is 11.5 Å². The van der Waals surface area contributed by atoms with Gasteiger partial charge in [-0.05, 0) is 26.7 Å². The number of hydrogen-bond acceptors (Lipinski definition) is 6. The van der Waals surface area contributed by atoms with Crippen LogP contribution in [0, 0.1) is 0 Å². The van der Waals surface area contributed by atoms with E-state index in [1.54, 1.807) is 24.8 Å². The van der Waals surface area contributed by atoms with Gasteiger partial charge in [0.05, 0.1) is 18.1 Å². The van der Waals surface area contributed by atoms with Crippen LogP contribution in [0.1, 0.15) is 44.9 Å². The van der Waals surface area contributed by atoms with Gasteiger partial charge in [-0.25, -0.2) is 9.98 Å². The van der Waals surface area contributed by atoms with Gasteiger partial charge in [-0.3, -0.25) is 4.79 Å². The van der Waals surface area contributed by atoms with Crippen LogP contribution in [0.5, 0.6) is 0 Å². The van der Waals surface area contributed by atoms with Gasteiger partial charge in [0.2, 0.25) is 5.95 Å². The lowest BCUT2D eigenvalue weighted by molar-refractivity contribution is -0.128. The molecular weight excluding hydrogens is 318 g/mol. The molecule has 0 fully saturated rings. The molecule has 1 aliphatic rings. The van der Waals surface area contributed by atoms with Crippen LogP contribution in [0.4, 0.5) is 11.8 Å². The number of rotatable bonds is 6. The van der Waals surface area contributed by atoms with E-state index in [2.05, 4.69) is 27.2 Å². The molecule has 0 saturated heterocycles. The summed E-state index contributed by atoms with van der Waals surface area (Å²) in [6.07, 6.45) is 4.51. The van der Waals surface area contributed by atoms with Gasteiger partial charge in [0.1, 0.15) is 11.5 Å². The highest BCUT2D eigenvalue weighted by Gasteiger charge is 2.26. The summed E-state index contributed by atoms with van der Waals surface area (Å²) >= 11 is 0. The number of anilines is 2. The van der Waals surface area contributed by atoms with Crippen molar-refractivity contribution in [3.8, 4) is 0 Å². The second kappa shape index (κ2) is 8.46. The van der Waals surface area contributed by atoms with Gasteiger partial charge in [-0.1, -0.05) is 19.4 Å². The number of nitrogens with two attached hydrogens (primary N) is 2. The highest BCUT2D eigenvalue weighted by molar-refractivity contribution is 5.96. The van der Waals surface area contributed by atoms with Crippen LogP contribution in [0.25, 0.3) is 0 Å². The fraction of sp³-hybridized carbons (Fsp3) is 0.529. The highest BCUT2D eigenvalue weighted by atomic mass is 16.2. The first-order valence-corrected chi connectivity index (χ1v) is 8.61. The largest absolute Gasteiger partial charge is 0.387 e. The third-order valence-corrected chi connectivity index (χ3v) is 3.98. The molecule has 1 aromatic heterocycles. The lowest BCUT2D eigenvalue weighted by Gasteiger charge is -2.29. The van der Waals surface area contributed by atoms with Gasteiger partial charge in [-0.15, -0.1) is 0 Å². The Morgan fingerprint density at radius 1 is 1.44 bits per heavy atom. The average Bonchev–Trinajstić information content (AvgIpc) is 2.58. The van der Waals surface area contributed by atoms with E-state index in [0.29, 0.717) is 31.0 Å². The first-order chi connectivity index (χ1) is 12.0. The van der Waals surface area contributed by atoms with Crippen molar-refractivity contribution in [1.29, 1.82) is 0 Å². The zero-order valence-electron chi connectivity index (χ0n) is 15.2. The van der Waals surface area contributed by atoms with Crippen LogP contribution in [0.15, 0.2) is 16.8 Å². The quantitative estimate of drug-likeness (QED) is 0.310. The summed E-state index contributed by atoms with van der Waals surface area (Å²) in [5.41, 5.74) is 13.6. The molecule has 8 heteroatoms. The Kier molecular flexibility index (Phi) is 6.32. The van der Waals surface area contributed by atoms with E-state index in [-0.39, 0.29) is 11.9 Å². The van der Waals surface area contributed by atoms with Crippen molar-refractivity contribution in [2.24, 2.45) is 10.7 Å². The minimum atomic E-state index is -0.157. The lowest BCUT2D eigenvalue weighted by atomic mass is 10.0. The van der Waals surface area contributed by atoms with Crippen LogP contribution in [0.3, 0.4) is 0 Å². The van der Waals surface area contributed by atoms with E-state index in [0.717, 1.165) is 36.5 Å². The van der Waals surface area contributed by atoms with Gasteiger partial charge >= 0.3 is 0 Å². The maximum atomic E-state index is 12.7. The summed E-state index contributed by atoms with van der Waals surface area (Å²) < 4.78 is 0. The SMILES string of the molecule is C/C=C(\N=C(C)N)C(=O)N1CCc2c(nc(N)nc2NCCCC)C1. The third-order valence-electron chi connectivity index (χ3n) is 3.98. The van der Waals surface area contributed by atoms with Gasteiger partial charge < -0.3 is 21.7 Å². The standard InChI is InChI=1S/C17H27N7O/c1-4-6-8-20-15-12-7-9-24(10-14(12)22-17(19)23-15)16(25)13(5-2)21-11(3)18/h5H,4,6-10H2,1-3H3,(H2,18,21)(H3,19,20,22,23)/b13-5-. The molecule has 0 radical (unpaired) electrons. The first-order valence-electron chi connectivity index (χ1n) is 8.61. The monoisotopic (exact) mass is 345 g/mol. The van der Waals surface area contributed by atoms with Crippen molar-refractivity contribution in [1.82, 2.24) is 14.9 Å². The molecule has 0 unspecified atom stereocenters. The normalized spacial score (nSPS) is 15.1. The Morgan fingerprint density at radius 2 is 2.20 bits per heavy atom. The molecular formula is C17H27N7O. The third kappa shape index (κ3) is 4.68. The van der Waals surface area contributed by atoms with Crippen molar-refractivity contribution in [2.45, 2.75) is 46.6 Å². The van der Waals surface area contributed by atoms with E-state index in [1.807, 2.05) is 0 Å². The summed E-state index contributed by atoms with van der Waals surface area (Å²) in [6, 6.07) is 0. The van der Waals surface area contributed by atoms with E-state index in [9.17, 15) is 4.79 Å². The molecule has 8 nitrogen and oxygen atoms in total. The second-order valence-corrected chi connectivity index (χ2v) is 6.04. The van der Waals surface area contributed by atoms with Gasteiger partial charge in [0, 0.05) is 18.7 Å². The molecule has 1 aromatic rings. The number of unbranched alkanes of at least 4 members (excludes halogenated alkanes) is 1. The Morgan fingerprint density at radius 3 is 2.84 bits per heavy atom. The summed E-state index contributed by atoms with van der Waals surface area (Å²) in [5.74, 6) is 1.20. The smallest absolute Gasteiger partial charge is 0.272 e. The predicted octanol–water partition coefficient (Wildman–Crippen LogP) is 1.44. The number of allylic oxidation sites excluding steroid dienone is 1. The number of amidine groups is 1. The number of aromatic nitrogens is 2. The molecule has 0 spiro atoms. The molecule has 0 aliphatic carbocycles. The summed E-state index contributed by atoms with van der Waals surface area (Å²) in [7, 11) is 0. The van der Waals surface area contributed by atoms with E-state index >= 15 is 0 Å². The van der Waals surface area contributed by atoms with Gasteiger partial charge in [0.25, 0.3) is 5.91 Å². The molecule has 0 saturated carbocycles. The summed E-state index contributed by atoms with van der Waals surface area (Å²) in [6.45, 7) is 7.38. The number of nitrogens with one attached hydrogen (secondary N) is 1. The van der Waals surface area contributed by atoms with Crippen molar-refractivity contribution >= 4 is 23.5 Å². The predicted molar refractivity (Wildman–Crippen MR) is 100 cm³/mol. The maximum Gasteiger partial charge on any atom is 0.272 e. The molecule has 25 heavy (non-hydrogen) atoms. The lowest BCUT2D eigenvalue weighted by Crippen LogP contribution is -2.38. The van der Waals surface area contributed by atoms with Gasteiger partial charge in [-0.2, -0.15) is 4.98 Å². The fourth-order valence-electron chi connectivity index (χ4n) is 2.74. The van der Waals surface area contributed by atoms with Crippen molar-refractivity contribution in [2.75, 3.05) is 24.1 Å². The van der Waals surface area contributed by atoms with Crippen LogP contribution >= 0.6 is 0 Å². The number of carbonyl (C=O) groups is 1. The van der Waals surface area contributed by atoms with Crippen LogP contribution in [-0.4, -0.2) is 39.7 Å². The van der Waals surface area contributed by atoms with Crippen molar-refractivity contribution in [3.63, 3.8) is 0 Å². The van der Waals surface area contributed by atoms with Crippen LogP contribution in [0.2, 0.25) is 0 Å². The molecule has 2 heterocycles. The van der Waals surface area contributed by atoms with Crippen molar-refractivity contribution in [3.05, 3.63) is 23.0 Å². The van der Waals surface area contributed by atoms with Crippen LogP contribution in [-0.2, 0) is 17.8 Å². The Labute approximate surface area is 148 Å². The highest BCUT2D eigenvalue weighted by Crippen LogP contribution is 2.25. The number of hydrogen-bond donors (Lipinski definition) is 3. The molecule has 2 rings (SSSR count). The summed E-state index contributed by atoms with van der Waals surface area (Å²) in [5, 5.41) is 3.33. The number of amides is 1. The Hall–Kier alpha value is -2.64. The first kappa shape index (κ1) is 18.7. The number of fused-ring (bicyclic) bond motifs is 1. The molecule has 1 aliphatic heterocycles. The van der Waals surface area contributed by atoms with Crippen LogP contribution < -0.4 is 16.8 Å². The van der Waals surface area contributed by atoms with E-state index in [1.165, 1.54) is 0 Å². The molecule has 0 atom stereocenters. The van der Waals surface area contributed by atoms with E-state index < -0.39 is 0 Å². The number of nitrogens with zero attached hydrogens (tertiary/aromatic N) is 4. The topological polar surface area (TPSA) is 123 Å². The molecule has 0 aromatic carbocycles. The Bertz CT molecular complexity index is 692. The number of aliphatic imine (C=N–C) groups is 1. The van der Waals surface area contributed by atoms with Crippen molar-refractivity contribution < 1.29 is 4.79 Å². The maximum absolute atomic E-state index is 12.7. The average molecular weight is 345 g/mol. The molecule has 0 bridgehead atoms. The Balaban J connectivity index is 2.20. The minimum absolute atomic E-state index is 0.157. The minimum Gasteiger partial charge on any atom is -0.387 e. The second-order valence-electron chi connectivity index (χ2n) is 6.04. The fourth-order valence-corrected chi connectivity index (χ4v) is 2.74. The zero-order valence-corrected chi connectivity index (χ0v) is 15.2. The molecule has 136 valence electrons.